The summed E-state index contributed by atoms with van der Waals surface area (Å²) in [6, 6.07) is 7.00. The van der Waals surface area contributed by atoms with Gasteiger partial charge in [-0.25, -0.2) is 4.98 Å². The van der Waals surface area contributed by atoms with Crippen LogP contribution in [0.1, 0.15) is 54.6 Å². The number of anilines is 1. The van der Waals surface area contributed by atoms with Crippen LogP contribution in [-0.4, -0.2) is 9.55 Å². The van der Waals surface area contributed by atoms with Crippen LogP contribution in [0, 0.1) is 13.8 Å². The van der Waals surface area contributed by atoms with Crippen molar-refractivity contribution in [3.8, 4) is 11.3 Å². The zero-order chi connectivity index (χ0) is 13.9. The van der Waals surface area contributed by atoms with E-state index in [9.17, 15) is 0 Å². The number of aryl methyl sites for hydroxylation is 1. The molecule has 0 bridgehead atoms. The van der Waals surface area contributed by atoms with Gasteiger partial charge in [0.05, 0.1) is 0 Å². The summed E-state index contributed by atoms with van der Waals surface area (Å²) in [5, 5.41) is 0. The van der Waals surface area contributed by atoms with E-state index in [1.807, 2.05) is 0 Å². The lowest BCUT2D eigenvalue weighted by Crippen LogP contribution is -2.04. The van der Waals surface area contributed by atoms with Crippen LogP contribution in [0.5, 0.6) is 0 Å². The van der Waals surface area contributed by atoms with Crippen molar-refractivity contribution in [2.24, 2.45) is 0 Å². The third-order valence-corrected chi connectivity index (χ3v) is 4.69. The van der Waals surface area contributed by atoms with Gasteiger partial charge in [0.2, 0.25) is 0 Å². The topological polar surface area (TPSA) is 43.8 Å². The normalized spacial score (nSPS) is 18.5. The molecule has 0 saturated heterocycles. The maximum Gasteiger partial charge on any atom is 0.132 e. The Balaban J connectivity index is 1.89. The Bertz CT molecular complexity index is 676. The number of aromatic nitrogens is 2. The lowest BCUT2D eigenvalue weighted by molar-refractivity contribution is 0.691. The maximum atomic E-state index is 6.46. The Kier molecular flexibility index (Phi) is 2.47. The molecule has 0 amide bonds. The molecule has 1 aromatic carbocycles. The third-order valence-electron chi connectivity index (χ3n) is 4.69. The van der Waals surface area contributed by atoms with Crippen LogP contribution in [-0.2, 0) is 0 Å². The predicted octanol–water partition coefficient (Wildman–Crippen LogP) is 3.96. The number of imidazole rings is 1. The number of nitrogens with two attached hydrogens (primary N) is 1. The van der Waals surface area contributed by atoms with Crippen LogP contribution in [0.15, 0.2) is 18.2 Å². The minimum absolute atomic E-state index is 0.608. The summed E-state index contributed by atoms with van der Waals surface area (Å²) < 4.78 is 2.33. The Morgan fingerprint density at radius 1 is 1.15 bits per heavy atom. The summed E-state index contributed by atoms with van der Waals surface area (Å²) in [5.74, 6) is 2.76. The molecule has 104 valence electrons. The average Bonchev–Trinajstić information content (AvgIpc) is 3.32. The largest absolute Gasteiger partial charge is 0.383 e. The van der Waals surface area contributed by atoms with Crippen LogP contribution in [0.2, 0.25) is 0 Å². The lowest BCUT2D eigenvalue weighted by Gasteiger charge is -2.09. The van der Waals surface area contributed by atoms with Crippen molar-refractivity contribution in [1.82, 2.24) is 9.55 Å². The molecule has 2 saturated carbocycles. The molecule has 1 aromatic heterocycles. The van der Waals surface area contributed by atoms with Gasteiger partial charge in [-0.05, 0) is 50.7 Å². The Morgan fingerprint density at radius 3 is 2.55 bits per heavy atom. The summed E-state index contributed by atoms with van der Waals surface area (Å²) in [7, 11) is 0. The summed E-state index contributed by atoms with van der Waals surface area (Å²) in [4.78, 5) is 4.94. The first kappa shape index (κ1) is 12.0. The molecule has 0 aliphatic heterocycles. The second-order valence-corrected chi connectivity index (χ2v) is 6.33. The van der Waals surface area contributed by atoms with Crippen molar-refractivity contribution in [2.45, 2.75) is 51.5 Å². The molecule has 2 aliphatic rings. The van der Waals surface area contributed by atoms with E-state index in [0.717, 1.165) is 11.5 Å². The van der Waals surface area contributed by atoms with Crippen LogP contribution < -0.4 is 5.73 Å². The zero-order valence-electron chi connectivity index (χ0n) is 12.2. The predicted molar refractivity (Wildman–Crippen MR) is 81.8 cm³/mol. The quantitative estimate of drug-likeness (QED) is 0.914. The molecular weight excluding hydrogens is 246 g/mol. The zero-order valence-corrected chi connectivity index (χ0v) is 12.2. The number of benzene rings is 1. The molecule has 2 N–H and O–H groups in total. The molecule has 0 radical (unpaired) electrons. The van der Waals surface area contributed by atoms with E-state index in [2.05, 4.69) is 36.6 Å². The Hall–Kier alpha value is -1.77. The molecule has 20 heavy (non-hydrogen) atoms. The first-order valence-corrected chi connectivity index (χ1v) is 7.61. The monoisotopic (exact) mass is 267 g/mol. The fourth-order valence-corrected chi connectivity index (χ4v) is 3.02. The molecule has 2 aromatic rings. The molecule has 3 nitrogen and oxygen atoms in total. The molecule has 3 heteroatoms. The fourth-order valence-electron chi connectivity index (χ4n) is 3.02. The van der Waals surface area contributed by atoms with Crippen molar-refractivity contribution in [2.75, 3.05) is 5.73 Å². The van der Waals surface area contributed by atoms with Crippen LogP contribution >= 0.6 is 0 Å². The minimum atomic E-state index is 0.608. The summed E-state index contributed by atoms with van der Waals surface area (Å²) in [6.07, 6.45) is 5.06. The molecule has 0 atom stereocenters. The van der Waals surface area contributed by atoms with E-state index in [1.54, 1.807) is 0 Å². The van der Waals surface area contributed by atoms with Crippen LogP contribution in [0.3, 0.4) is 0 Å². The number of hydrogen-bond donors (Lipinski definition) is 1. The van der Waals surface area contributed by atoms with E-state index in [0.29, 0.717) is 12.0 Å². The second-order valence-electron chi connectivity index (χ2n) is 6.33. The number of rotatable bonds is 3. The molecule has 4 rings (SSSR count). The second kappa shape index (κ2) is 4.11. The van der Waals surface area contributed by atoms with Gasteiger partial charge in [0.15, 0.2) is 0 Å². The van der Waals surface area contributed by atoms with Gasteiger partial charge in [0, 0.05) is 17.5 Å². The summed E-state index contributed by atoms with van der Waals surface area (Å²) in [5.41, 5.74) is 11.3. The van der Waals surface area contributed by atoms with Crippen molar-refractivity contribution >= 4 is 5.82 Å². The van der Waals surface area contributed by atoms with E-state index < -0.39 is 0 Å². The van der Waals surface area contributed by atoms with Crippen molar-refractivity contribution < 1.29 is 0 Å². The highest BCUT2D eigenvalue weighted by Crippen LogP contribution is 2.48. The smallest absolute Gasteiger partial charge is 0.132 e. The van der Waals surface area contributed by atoms with E-state index in [1.165, 1.54) is 48.2 Å². The van der Waals surface area contributed by atoms with Gasteiger partial charge in [0.25, 0.3) is 0 Å². The van der Waals surface area contributed by atoms with Crippen molar-refractivity contribution in [3.63, 3.8) is 0 Å². The lowest BCUT2D eigenvalue weighted by atomic mass is 10.0. The summed E-state index contributed by atoms with van der Waals surface area (Å²) >= 11 is 0. The fraction of sp³-hybridized carbons (Fsp3) is 0.471. The molecule has 2 aliphatic carbocycles. The van der Waals surface area contributed by atoms with Gasteiger partial charge >= 0.3 is 0 Å². The highest BCUT2D eigenvalue weighted by molar-refractivity contribution is 5.75. The van der Waals surface area contributed by atoms with E-state index >= 15 is 0 Å². The SMILES string of the molecule is Cc1cccc(-c2nc(C3CC3)n(C3CC3)c2N)c1C. The number of nitrogens with zero attached hydrogens (tertiary/aromatic N) is 2. The molecule has 0 unspecified atom stereocenters. The number of nitrogen functional groups attached to an aromatic ring is 1. The molecule has 0 spiro atoms. The minimum Gasteiger partial charge on any atom is -0.383 e. The number of hydrogen-bond acceptors (Lipinski definition) is 2. The first-order chi connectivity index (χ1) is 9.66. The third kappa shape index (κ3) is 1.76. The van der Waals surface area contributed by atoms with Gasteiger partial charge in [-0.1, -0.05) is 18.2 Å². The van der Waals surface area contributed by atoms with Gasteiger partial charge in [0.1, 0.15) is 17.3 Å². The van der Waals surface area contributed by atoms with Gasteiger partial charge in [-0.2, -0.15) is 0 Å². The van der Waals surface area contributed by atoms with Crippen molar-refractivity contribution in [3.05, 3.63) is 35.2 Å². The maximum absolute atomic E-state index is 6.46. The highest BCUT2D eigenvalue weighted by Gasteiger charge is 2.36. The van der Waals surface area contributed by atoms with Crippen LogP contribution in [0.25, 0.3) is 11.3 Å². The van der Waals surface area contributed by atoms with Gasteiger partial charge in [-0.3, -0.25) is 0 Å². The standard InChI is InChI=1S/C17H21N3/c1-10-4-3-5-14(11(10)2)15-16(18)20(13-8-9-13)17(19-15)12-6-7-12/h3-5,12-13H,6-9,18H2,1-2H3. The van der Waals surface area contributed by atoms with E-state index in [4.69, 9.17) is 10.7 Å². The summed E-state index contributed by atoms with van der Waals surface area (Å²) in [6.45, 7) is 4.31. The Morgan fingerprint density at radius 2 is 1.90 bits per heavy atom. The average molecular weight is 267 g/mol. The first-order valence-electron chi connectivity index (χ1n) is 7.61. The Labute approximate surface area is 119 Å². The molecule has 1 heterocycles. The van der Waals surface area contributed by atoms with Crippen LogP contribution in [0.4, 0.5) is 5.82 Å². The highest BCUT2D eigenvalue weighted by atomic mass is 15.2. The van der Waals surface area contributed by atoms with Gasteiger partial charge < -0.3 is 10.3 Å². The van der Waals surface area contributed by atoms with Gasteiger partial charge in [-0.15, -0.1) is 0 Å². The molecular formula is C17H21N3. The van der Waals surface area contributed by atoms with Crippen molar-refractivity contribution in [1.29, 1.82) is 0 Å². The molecule has 2 fully saturated rings. The van der Waals surface area contributed by atoms with E-state index in [-0.39, 0.29) is 0 Å².